The third-order valence-electron chi connectivity index (χ3n) is 5.16. The van der Waals surface area contributed by atoms with Crippen LogP contribution in [0.25, 0.3) is 0 Å². The fourth-order valence-corrected chi connectivity index (χ4v) is 4.42. The van der Waals surface area contributed by atoms with E-state index >= 15 is 0 Å². The van der Waals surface area contributed by atoms with E-state index in [9.17, 15) is 9.59 Å². The van der Waals surface area contributed by atoms with E-state index in [1.807, 2.05) is 37.5 Å². The summed E-state index contributed by atoms with van der Waals surface area (Å²) in [6, 6.07) is 12.0. The molecule has 184 valence electrons. The molecule has 0 bridgehead atoms. The molecule has 0 aliphatic heterocycles. The first-order valence-corrected chi connectivity index (χ1v) is 12.7. The predicted molar refractivity (Wildman–Crippen MR) is 142 cm³/mol. The number of thioether (sulfide) groups is 1. The van der Waals surface area contributed by atoms with Gasteiger partial charge in [0.2, 0.25) is 5.91 Å². The van der Waals surface area contributed by atoms with Gasteiger partial charge in [-0.2, -0.15) is 0 Å². The SMILES string of the molecule is C=CCn1c(SCC(=O)Nc2cccc(Cl)c2Cl)nnc1[C@@H](NC(=O)c1ccc(C)cc1)C(C)C. The van der Waals surface area contributed by atoms with Gasteiger partial charge in [-0.25, -0.2) is 0 Å². The standard InChI is InChI=1S/C25H27Cl2N5O2S/c1-5-13-32-23(22(15(2)3)29-24(34)17-11-9-16(4)10-12-17)30-31-25(32)35-14-20(33)28-19-8-6-7-18(26)21(19)27/h5-12,15,22H,1,13-14H2,2-4H3,(H,28,33)(H,29,34)/t22-/m0/s1. The van der Waals surface area contributed by atoms with Gasteiger partial charge in [0, 0.05) is 12.1 Å². The van der Waals surface area contributed by atoms with Crippen molar-refractivity contribution in [2.75, 3.05) is 11.1 Å². The molecular formula is C25H27Cl2N5O2S. The van der Waals surface area contributed by atoms with E-state index in [0.717, 1.165) is 5.56 Å². The molecule has 7 nitrogen and oxygen atoms in total. The third kappa shape index (κ3) is 6.87. The molecule has 1 aromatic heterocycles. The van der Waals surface area contributed by atoms with Gasteiger partial charge < -0.3 is 15.2 Å². The Morgan fingerprint density at radius 2 is 1.86 bits per heavy atom. The largest absolute Gasteiger partial charge is 0.342 e. The number of aromatic nitrogens is 3. The molecular weight excluding hydrogens is 505 g/mol. The van der Waals surface area contributed by atoms with Crippen LogP contribution >= 0.6 is 35.0 Å². The van der Waals surface area contributed by atoms with Crippen LogP contribution in [-0.2, 0) is 11.3 Å². The van der Waals surface area contributed by atoms with Crippen LogP contribution < -0.4 is 10.6 Å². The Balaban J connectivity index is 1.75. The summed E-state index contributed by atoms with van der Waals surface area (Å²) in [4.78, 5) is 25.4. The molecule has 0 spiro atoms. The van der Waals surface area contributed by atoms with E-state index < -0.39 is 0 Å². The number of benzene rings is 2. The second-order valence-corrected chi connectivity index (χ2v) is 9.97. The van der Waals surface area contributed by atoms with Gasteiger partial charge in [-0.1, -0.05) is 78.6 Å². The molecule has 2 N–H and O–H groups in total. The Labute approximate surface area is 219 Å². The summed E-state index contributed by atoms with van der Waals surface area (Å²) in [5.41, 5.74) is 2.09. The zero-order valence-corrected chi connectivity index (χ0v) is 22.0. The van der Waals surface area contributed by atoms with Crippen molar-refractivity contribution in [2.24, 2.45) is 5.92 Å². The lowest BCUT2D eigenvalue weighted by Gasteiger charge is -2.22. The number of carbonyl (C=O) groups is 2. The molecule has 0 saturated heterocycles. The quantitative estimate of drug-likeness (QED) is 0.249. The van der Waals surface area contributed by atoms with Crippen LogP contribution in [0.3, 0.4) is 0 Å². The number of hydrogen-bond acceptors (Lipinski definition) is 5. The third-order valence-corrected chi connectivity index (χ3v) is 6.95. The van der Waals surface area contributed by atoms with Crippen molar-refractivity contribution in [3.63, 3.8) is 0 Å². The molecule has 0 radical (unpaired) electrons. The minimum atomic E-state index is -0.385. The van der Waals surface area contributed by atoms with Crippen molar-refractivity contribution in [1.82, 2.24) is 20.1 Å². The molecule has 2 amide bonds. The maximum absolute atomic E-state index is 12.9. The number of allylic oxidation sites excluding steroid dienone is 1. The predicted octanol–water partition coefficient (Wildman–Crippen LogP) is 5.94. The van der Waals surface area contributed by atoms with Crippen LogP contribution in [0, 0.1) is 12.8 Å². The van der Waals surface area contributed by atoms with Crippen molar-refractivity contribution in [3.05, 3.63) is 82.1 Å². The average molecular weight is 532 g/mol. The lowest BCUT2D eigenvalue weighted by Crippen LogP contribution is -2.33. The second kappa shape index (κ2) is 12.2. The van der Waals surface area contributed by atoms with Gasteiger partial charge in [-0.05, 0) is 37.1 Å². The molecule has 0 fully saturated rings. The first kappa shape index (κ1) is 26.8. The van der Waals surface area contributed by atoms with Crippen LogP contribution in [-0.4, -0.2) is 32.3 Å². The van der Waals surface area contributed by atoms with Crippen molar-refractivity contribution in [2.45, 2.75) is 38.5 Å². The summed E-state index contributed by atoms with van der Waals surface area (Å²) in [5.74, 6) is 0.274. The van der Waals surface area contributed by atoms with Gasteiger partial charge in [0.25, 0.3) is 5.91 Å². The highest BCUT2D eigenvalue weighted by molar-refractivity contribution is 7.99. The first-order valence-electron chi connectivity index (χ1n) is 11.0. The Morgan fingerprint density at radius 3 is 2.51 bits per heavy atom. The van der Waals surface area contributed by atoms with Gasteiger partial charge in [0.1, 0.15) is 0 Å². The van der Waals surface area contributed by atoms with E-state index in [1.54, 1.807) is 36.4 Å². The van der Waals surface area contributed by atoms with Crippen molar-refractivity contribution >= 4 is 52.5 Å². The molecule has 1 heterocycles. The minimum absolute atomic E-state index is 0.0447. The van der Waals surface area contributed by atoms with E-state index in [0.29, 0.717) is 33.8 Å². The summed E-state index contributed by atoms with van der Waals surface area (Å²) in [6.45, 7) is 10.2. The van der Waals surface area contributed by atoms with Gasteiger partial charge in [0.15, 0.2) is 11.0 Å². The summed E-state index contributed by atoms with van der Waals surface area (Å²) in [6.07, 6.45) is 1.72. The monoisotopic (exact) mass is 531 g/mol. The highest BCUT2D eigenvalue weighted by Crippen LogP contribution is 2.30. The second-order valence-electron chi connectivity index (χ2n) is 8.24. The number of hydrogen-bond donors (Lipinski definition) is 2. The van der Waals surface area contributed by atoms with Crippen LogP contribution in [0.5, 0.6) is 0 Å². The number of rotatable bonds is 10. The highest BCUT2D eigenvalue weighted by Gasteiger charge is 2.26. The van der Waals surface area contributed by atoms with E-state index in [1.165, 1.54) is 11.8 Å². The average Bonchev–Trinajstić information content (AvgIpc) is 3.21. The van der Waals surface area contributed by atoms with E-state index in [2.05, 4.69) is 27.4 Å². The molecule has 0 saturated carbocycles. The Kier molecular flexibility index (Phi) is 9.37. The van der Waals surface area contributed by atoms with E-state index in [4.69, 9.17) is 23.2 Å². The number of carbonyl (C=O) groups excluding carboxylic acids is 2. The maximum atomic E-state index is 12.9. The molecule has 0 aliphatic carbocycles. The molecule has 1 atom stereocenters. The topological polar surface area (TPSA) is 88.9 Å². The van der Waals surface area contributed by atoms with Gasteiger partial charge >= 0.3 is 0 Å². The molecule has 0 aliphatic rings. The number of nitrogens with one attached hydrogen (secondary N) is 2. The fraction of sp³-hybridized carbons (Fsp3) is 0.280. The maximum Gasteiger partial charge on any atom is 0.251 e. The number of nitrogens with zero attached hydrogens (tertiary/aromatic N) is 3. The Morgan fingerprint density at radius 1 is 1.14 bits per heavy atom. The molecule has 0 unspecified atom stereocenters. The fourth-order valence-electron chi connectivity index (χ4n) is 3.31. The first-order chi connectivity index (χ1) is 16.7. The number of halogens is 2. The number of amides is 2. The zero-order chi connectivity index (χ0) is 25.5. The molecule has 2 aromatic carbocycles. The zero-order valence-electron chi connectivity index (χ0n) is 19.7. The van der Waals surface area contributed by atoms with Gasteiger partial charge in [-0.3, -0.25) is 9.59 Å². The Bertz CT molecular complexity index is 1210. The van der Waals surface area contributed by atoms with Crippen LogP contribution in [0.4, 0.5) is 5.69 Å². The number of anilines is 1. The normalized spacial score (nSPS) is 11.8. The van der Waals surface area contributed by atoms with Crippen LogP contribution in [0.2, 0.25) is 10.0 Å². The number of aryl methyl sites for hydroxylation is 1. The highest BCUT2D eigenvalue weighted by atomic mass is 35.5. The van der Waals surface area contributed by atoms with Gasteiger partial charge in [0.05, 0.1) is 27.5 Å². The molecule has 10 heteroatoms. The van der Waals surface area contributed by atoms with E-state index in [-0.39, 0.29) is 34.5 Å². The molecule has 3 rings (SSSR count). The molecule has 3 aromatic rings. The van der Waals surface area contributed by atoms with Crippen LogP contribution in [0.1, 0.15) is 41.6 Å². The van der Waals surface area contributed by atoms with Gasteiger partial charge in [-0.15, -0.1) is 16.8 Å². The lowest BCUT2D eigenvalue weighted by molar-refractivity contribution is -0.113. The summed E-state index contributed by atoms with van der Waals surface area (Å²) < 4.78 is 1.86. The van der Waals surface area contributed by atoms with Crippen LogP contribution in [0.15, 0.2) is 60.3 Å². The van der Waals surface area contributed by atoms with Crippen molar-refractivity contribution in [3.8, 4) is 0 Å². The van der Waals surface area contributed by atoms with Crippen molar-refractivity contribution < 1.29 is 9.59 Å². The smallest absolute Gasteiger partial charge is 0.251 e. The lowest BCUT2D eigenvalue weighted by atomic mass is 10.0. The minimum Gasteiger partial charge on any atom is -0.342 e. The summed E-state index contributed by atoms with van der Waals surface area (Å²) >= 11 is 13.4. The Hall–Kier alpha value is -2.81. The summed E-state index contributed by atoms with van der Waals surface area (Å²) in [5, 5.41) is 15.7. The molecule has 35 heavy (non-hydrogen) atoms. The summed E-state index contributed by atoms with van der Waals surface area (Å²) in [7, 11) is 0. The van der Waals surface area contributed by atoms with Crippen molar-refractivity contribution in [1.29, 1.82) is 0 Å².